The van der Waals surface area contributed by atoms with E-state index in [0.717, 1.165) is 23.7 Å². The van der Waals surface area contributed by atoms with Gasteiger partial charge in [0.15, 0.2) is 0 Å². The molecule has 1 atom stereocenters. The first-order valence-electron chi connectivity index (χ1n) is 7.43. The van der Waals surface area contributed by atoms with Crippen LogP contribution >= 0.6 is 0 Å². The molecule has 1 N–H and O–H groups in total. The van der Waals surface area contributed by atoms with Crippen molar-refractivity contribution >= 4 is 5.69 Å². The van der Waals surface area contributed by atoms with Gasteiger partial charge in [0.05, 0.1) is 0 Å². The van der Waals surface area contributed by atoms with Crippen LogP contribution in [0.5, 0.6) is 0 Å². The molecule has 0 spiro atoms. The van der Waals surface area contributed by atoms with Gasteiger partial charge in [0.2, 0.25) is 0 Å². The predicted molar refractivity (Wildman–Crippen MR) is 77.0 cm³/mol. The van der Waals surface area contributed by atoms with E-state index in [4.69, 9.17) is 0 Å². The van der Waals surface area contributed by atoms with Crippen molar-refractivity contribution < 1.29 is 4.39 Å². The van der Waals surface area contributed by atoms with Crippen LogP contribution in [0.3, 0.4) is 0 Å². The number of nitrogens with one attached hydrogen (secondary N) is 1. The Balaban J connectivity index is 1.93. The Kier molecular flexibility index (Phi) is 3.48. The van der Waals surface area contributed by atoms with E-state index in [1.807, 2.05) is 20.0 Å². The molecule has 2 fully saturated rings. The molecule has 2 saturated carbocycles. The van der Waals surface area contributed by atoms with Gasteiger partial charge in [0, 0.05) is 29.9 Å². The van der Waals surface area contributed by atoms with Crippen molar-refractivity contribution in [1.29, 1.82) is 0 Å². The Bertz CT molecular complexity index is 452. The molecule has 0 bridgehead atoms. The Labute approximate surface area is 115 Å². The second-order valence-corrected chi connectivity index (χ2v) is 6.01. The maximum absolute atomic E-state index is 14.2. The third-order valence-electron chi connectivity index (χ3n) is 4.34. The first-order valence-corrected chi connectivity index (χ1v) is 7.43. The number of halogens is 1. The molecule has 3 heteroatoms. The minimum absolute atomic E-state index is 0.0525. The highest BCUT2D eigenvalue weighted by Gasteiger charge is 2.35. The maximum Gasteiger partial charge on any atom is 0.130 e. The third-order valence-corrected chi connectivity index (χ3v) is 4.34. The molecule has 2 aliphatic carbocycles. The van der Waals surface area contributed by atoms with Gasteiger partial charge in [0.1, 0.15) is 5.82 Å². The minimum atomic E-state index is -0.0826. The third kappa shape index (κ3) is 2.76. The van der Waals surface area contributed by atoms with Gasteiger partial charge >= 0.3 is 0 Å². The standard InChI is InChI=1S/C16H23FN2/c1-11(18-2)16-14(17)4-3-5-15(16)19(13-8-9-13)10-12-6-7-12/h3-5,11-13,18H,6-10H2,1-2H3. The number of benzene rings is 1. The Hall–Kier alpha value is -1.09. The lowest BCUT2D eigenvalue weighted by molar-refractivity contribution is 0.558. The second kappa shape index (κ2) is 5.12. The molecule has 2 nitrogen and oxygen atoms in total. The summed E-state index contributed by atoms with van der Waals surface area (Å²) in [6.45, 7) is 3.14. The van der Waals surface area contributed by atoms with Gasteiger partial charge in [0.25, 0.3) is 0 Å². The fourth-order valence-corrected chi connectivity index (χ4v) is 2.76. The highest BCUT2D eigenvalue weighted by molar-refractivity contribution is 5.57. The largest absolute Gasteiger partial charge is 0.368 e. The summed E-state index contributed by atoms with van der Waals surface area (Å²) in [6, 6.07) is 6.21. The average Bonchev–Trinajstić information content (AvgIpc) is 3.27. The summed E-state index contributed by atoms with van der Waals surface area (Å²) in [5.74, 6) is 0.752. The van der Waals surface area contributed by atoms with Gasteiger partial charge in [-0.3, -0.25) is 0 Å². The molecule has 0 aromatic heterocycles. The van der Waals surface area contributed by atoms with Gasteiger partial charge in [-0.2, -0.15) is 0 Å². The number of rotatable bonds is 6. The molecule has 2 aliphatic rings. The zero-order valence-electron chi connectivity index (χ0n) is 11.8. The van der Waals surface area contributed by atoms with Crippen molar-refractivity contribution in [2.75, 3.05) is 18.5 Å². The van der Waals surface area contributed by atoms with Crippen LogP contribution in [0.25, 0.3) is 0 Å². The lowest BCUT2D eigenvalue weighted by Gasteiger charge is -2.29. The van der Waals surface area contributed by atoms with E-state index >= 15 is 0 Å². The molecular weight excluding hydrogens is 239 g/mol. The van der Waals surface area contributed by atoms with Crippen molar-refractivity contribution in [3.63, 3.8) is 0 Å². The summed E-state index contributed by atoms with van der Waals surface area (Å²) in [4.78, 5) is 2.46. The first kappa shape index (κ1) is 12.9. The van der Waals surface area contributed by atoms with E-state index in [-0.39, 0.29) is 11.9 Å². The highest BCUT2D eigenvalue weighted by atomic mass is 19.1. The summed E-state index contributed by atoms with van der Waals surface area (Å²) >= 11 is 0. The zero-order chi connectivity index (χ0) is 13.4. The number of hydrogen-bond acceptors (Lipinski definition) is 2. The summed E-state index contributed by atoms with van der Waals surface area (Å²) in [5.41, 5.74) is 1.94. The minimum Gasteiger partial charge on any atom is -0.368 e. The summed E-state index contributed by atoms with van der Waals surface area (Å²) in [6.07, 6.45) is 5.21. The van der Waals surface area contributed by atoms with Crippen molar-refractivity contribution in [2.24, 2.45) is 5.92 Å². The van der Waals surface area contributed by atoms with Crippen molar-refractivity contribution in [1.82, 2.24) is 5.32 Å². The van der Waals surface area contributed by atoms with Gasteiger partial charge in [-0.25, -0.2) is 4.39 Å². The van der Waals surface area contributed by atoms with Gasteiger partial charge in [-0.05, 0) is 57.7 Å². The molecule has 1 aromatic rings. The predicted octanol–water partition coefficient (Wildman–Crippen LogP) is 3.48. The van der Waals surface area contributed by atoms with E-state index in [0.29, 0.717) is 6.04 Å². The van der Waals surface area contributed by atoms with Crippen molar-refractivity contribution in [3.05, 3.63) is 29.6 Å². The van der Waals surface area contributed by atoms with Crippen LogP contribution in [-0.4, -0.2) is 19.6 Å². The van der Waals surface area contributed by atoms with Crippen LogP contribution in [0.4, 0.5) is 10.1 Å². The molecule has 19 heavy (non-hydrogen) atoms. The van der Waals surface area contributed by atoms with Crippen LogP contribution in [-0.2, 0) is 0 Å². The molecule has 104 valence electrons. The topological polar surface area (TPSA) is 15.3 Å². The van der Waals surface area contributed by atoms with E-state index in [1.165, 1.54) is 25.7 Å². The molecule has 1 aromatic carbocycles. The second-order valence-electron chi connectivity index (χ2n) is 6.01. The SMILES string of the molecule is CNC(C)c1c(F)cccc1N(CC1CC1)C1CC1. The lowest BCUT2D eigenvalue weighted by Crippen LogP contribution is -2.30. The number of anilines is 1. The number of nitrogens with zero attached hydrogens (tertiary/aromatic N) is 1. The van der Waals surface area contributed by atoms with E-state index in [9.17, 15) is 4.39 Å². The van der Waals surface area contributed by atoms with Crippen LogP contribution in [0.15, 0.2) is 18.2 Å². The quantitative estimate of drug-likeness (QED) is 0.844. The van der Waals surface area contributed by atoms with Gasteiger partial charge in [-0.1, -0.05) is 6.07 Å². The smallest absolute Gasteiger partial charge is 0.130 e. The fourth-order valence-electron chi connectivity index (χ4n) is 2.76. The van der Waals surface area contributed by atoms with E-state index < -0.39 is 0 Å². The monoisotopic (exact) mass is 262 g/mol. The maximum atomic E-state index is 14.2. The zero-order valence-corrected chi connectivity index (χ0v) is 11.8. The molecule has 0 amide bonds. The summed E-state index contributed by atoms with van der Waals surface area (Å²) in [7, 11) is 1.89. The lowest BCUT2D eigenvalue weighted by atomic mass is 10.0. The van der Waals surface area contributed by atoms with E-state index in [1.54, 1.807) is 6.07 Å². The molecule has 3 rings (SSSR count). The molecule has 0 heterocycles. The molecule has 0 radical (unpaired) electrons. The van der Waals surface area contributed by atoms with Crippen LogP contribution < -0.4 is 10.2 Å². The van der Waals surface area contributed by atoms with Crippen LogP contribution in [0, 0.1) is 11.7 Å². The number of hydrogen-bond donors (Lipinski definition) is 1. The fraction of sp³-hybridized carbons (Fsp3) is 0.625. The van der Waals surface area contributed by atoms with Crippen molar-refractivity contribution in [2.45, 2.75) is 44.7 Å². The Morgan fingerprint density at radius 2 is 2.05 bits per heavy atom. The molecular formula is C16H23FN2. The van der Waals surface area contributed by atoms with Gasteiger partial charge < -0.3 is 10.2 Å². The molecule has 0 aliphatic heterocycles. The van der Waals surface area contributed by atoms with Crippen molar-refractivity contribution in [3.8, 4) is 0 Å². The van der Waals surface area contributed by atoms with E-state index in [2.05, 4.69) is 16.3 Å². The Morgan fingerprint density at radius 1 is 1.32 bits per heavy atom. The summed E-state index contributed by atoms with van der Waals surface area (Å²) in [5, 5.41) is 3.18. The average molecular weight is 262 g/mol. The Morgan fingerprint density at radius 3 is 2.63 bits per heavy atom. The highest BCUT2D eigenvalue weighted by Crippen LogP contribution is 2.40. The molecule has 0 saturated heterocycles. The van der Waals surface area contributed by atoms with Crippen LogP contribution in [0.1, 0.15) is 44.2 Å². The normalized spacial score (nSPS) is 20.4. The first-order chi connectivity index (χ1) is 9.20. The summed E-state index contributed by atoms with van der Waals surface area (Å²) < 4.78 is 14.2. The van der Waals surface area contributed by atoms with Crippen LogP contribution in [0.2, 0.25) is 0 Å². The molecule has 1 unspecified atom stereocenters. The van der Waals surface area contributed by atoms with Gasteiger partial charge in [-0.15, -0.1) is 0 Å².